The van der Waals surface area contributed by atoms with Gasteiger partial charge in [-0.15, -0.1) is 0 Å². The van der Waals surface area contributed by atoms with E-state index in [1.54, 1.807) is 24.7 Å². The Bertz CT molecular complexity index is 1210. The number of fused-ring (bicyclic) bond motifs is 1. The molecule has 0 unspecified atom stereocenters. The highest BCUT2D eigenvalue weighted by Crippen LogP contribution is 2.24. The van der Waals surface area contributed by atoms with Gasteiger partial charge < -0.3 is 0 Å². The van der Waals surface area contributed by atoms with Crippen molar-refractivity contribution in [2.45, 2.75) is 19.5 Å². The number of nitrogens with zero attached hydrogens (tertiary/aromatic N) is 6. The van der Waals surface area contributed by atoms with Crippen molar-refractivity contribution in [2.24, 2.45) is 0 Å². The van der Waals surface area contributed by atoms with Crippen LogP contribution < -0.4 is 0 Å². The molecule has 0 saturated carbocycles. The molecular weight excluding hydrogens is 398 g/mol. The summed E-state index contributed by atoms with van der Waals surface area (Å²) in [5.41, 5.74) is 4.51. The highest BCUT2D eigenvalue weighted by molar-refractivity contribution is 5.60. The zero-order valence-corrected chi connectivity index (χ0v) is 16.5. The van der Waals surface area contributed by atoms with Crippen molar-refractivity contribution in [3.63, 3.8) is 0 Å². The highest BCUT2D eigenvalue weighted by Gasteiger charge is 2.19. The second-order valence-corrected chi connectivity index (χ2v) is 7.43. The third kappa shape index (κ3) is 4.15. The van der Waals surface area contributed by atoms with Crippen molar-refractivity contribution >= 4 is 0 Å². The molecule has 1 aliphatic heterocycles. The fraction of sp³-hybridized carbons (Fsp3) is 0.174. The van der Waals surface area contributed by atoms with Crippen LogP contribution in [0.1, 0.15) is 16.8 Å². The molecule has 1 aromatic carbocycles. The number of pyridine rings is 1. The monoisotopic (exact) mass is 416 g/mol. The fourth-order valence-electron chi connectivity index (χ4n) is 3.69. The molecule has 4 heterocycles. The maximum Gasteiger partial charge on any atom is 0.162 e. The zero-order valence-electron chi connectivity index (χ0n) is 16.5. The first-order chi connectivity index (χ1) is 15.2. The Morgan fingerprint density at radius 2 is 1.81 bits per heavy atom. The molecule has 0 fully saturated rings. The van der Waals surface area contributed by atoms with E-state index in [-0.39, 0.29) is 5.56 Å². The van der Waals surface area contributed by atoms with Gasteiger partial charge in [-0.3, -0.25) is 9.88 Å². The molecule has 0 spiro atoms. The second-order valence-electron chi connectivity index (χ2n) is 7.43. The number of halogens is 2. The molecule has 0 bridgehead atoms. The van der Waals surface area contributed by atoms with Crippen molar-refractivity contribution in [1.82, 2.24) is 29.8 Å². The SMILES string of the molecule is Fc1ccc(F)c(-c2ccc(CN3CCc4nc(-c5cncnc5)ncc4C3)cn2)c1. The maximum absolute atomic E-state index is 14.0. The van der Waals surface area contributed by atoms with Gasteiger partial charge in [-0.05, 0) is 29.8 Å². The van der Waals surface area contributed by atoms with E-state index in [0.717, 1.165) is 60.1 Å². The van der Waals surface area contributed by atoms with Gasteiger partial charge >= 0.3 is 0 Å². The minimum Gasteiger partial charge on any atom is -0.294 e. The summed E-state index contributed by atoms with van der Waals surface area (Å²) in [5, 5.41) is 0. The predicted octanol–water partition coefficient (Wildman–Crippen LogP) is 3.83. The average Bonchev–Trinajstić information content (AvgIpc) is 2.81. The van der Waals surface area contributed by atoms with Crippen LogP contribution in [0.5, 0.6) is 0 Å². The largest absolute Gasteiger partial charge is 0.294 e. The van der Waals surface area contributed by atoms with E-state index in [2.05, 4.69) is 29.8 Å². The molecule has 0 saturated heterocycles. The van der Waals surface area contributed by atoms with Crippen LogP contribution in [0.15, 0.2) is 61.4 Å². The molecule has 5 rings (SSSR count). The van der Waals surface area contributed by atoms with E-state index >= 15 is 0 Å². The van der Waals surface area contributed by atoms with Crippen LogP contribution in [0.2, 0.25) is 0 Å². The quantitative estimate of drug-likeness (QED) is 0.504. The summed E-state index contributed by atoms with van der Waals surface area (Å²) in [6.45, 7) is 2.29. The molecule has 8 heteroatoms. The van der Waals surface area contributed by atoms with Gasteiger partial charge in [-0.25, -0.2) is 28.7 Å². The van der Waals surface area contributed by atoms with E-state index in [0.29, 0.717) is 18.1 Å². The Morgan fingerprint density at radius 3 is 2.61 bits per heavy atom. The van der Waals surface area contributed by atoms with Crippen molar-refractivity contribution < 1.29 is 8.78 Å². The van der Waals surface area contributed by atoms with Crippen LogP contribution in [0, 0.1) is 11.6 Å². The molecule has 0 atom stereocenters. The van der Waals surface area contributed by atoms with E-state index in [4.69, 9.17) is 0 Å². The van der Waals surface area contributed by atoms with Gasteiger partial charge in [-0.1, -0.05) is 6.07 Å². The summed E-state index contributed by atoms with van der Waals surface area (Å²) < 4.78 is 27.4. The summed E-state index contributed by atoms with van der Waals surface area (Å²) in [4.78, 5) is 23.8. The molecule has 4 aromatic rings. The lowest BCUT2D eigenvalue weighted by Gasteiger charge is -2.28. The molecule has 0 N–H and O–H groups in total. The molecule has 154 valence electrons. The van der Waals surface area contributed by atoms with Gasteiger partial charge in [0.25, 0.3) is 0 Å². The topological polar surface area (TPSA) is 67.7 Å². The van der Waals surface area contributed by atoms with Gasteiger partial charge in [0.15, 0.2) is 5.82 Å². The summed E-state index contributed by atoms with van der Waals surface area (Å²) in [6.07, 6.45) is 9.29. The Hall–Kier alpha value is -3.65. The number of benzene rings is 1. The van der Waals surface area contributed by atoms with Crippen LogP contribution >= 0.6 is 0 Å². The van der Waals surface area contributed by atoms with Crippen LogP contribution in [-0.2, 0) is 19.5 Å². The van der Waals surface area contributed by atoms with Crippen LogP contribution in [0.4, 0.5) is 8.78 Å². The van der Waals surface area contributed by atoms with Crippen molar-refractivity contribution in [1.29, 1.82) is 0 Å². The van der Waals surface area contributed by atoms with Crippen LogP contribution in [0.25, 0.3) is 22.6 Å². The van der Waals surface area contributed by atoms with E-state index in [1.807, 2.05) is 12.3 Å². The van der Waals surface area contributed by atoms with Gasteiger partial charge in [0.1, 0.15) is 18.0 Å². The molecule has 6 nitrogen and oxygen atoms in total. The van der Waals surface area contributed by atoms with Gasteiger partial charge in [0, 0.05) is 62.0 Å². The van der Waals surface area contributed by atoms with E-state index in [9.17, 15) is 8.78 Å². The molecule has 0 radical (unpaired) electrons. The van der Waals surface area contributed by atoms with Gasteiger partial charge in [0.05, 0.1) is 17.0 Å². The number of rotatable bonds is 4. The minimum atomic E-state index is -0.490. The Balaban J connectivity index is 1.28. The third-order valence-electron chi connectivity index (χ3n) is 5.27. The summed E-state index contributed by atoms with van der Waals surface area (Å²) in [6, 6.07) is 7.00. The first kappa shape index (κ1) is 19.3. The van der Waals surface area contributed by atoms with Crippen LogP contribution in [0.3, 0.4) is 0 Å². The normalized spacial score (nSPS) is 13.7. The molecule has 1 aliphatic rings. The fourth-order valence-corrected chi connectivity index (χ4v) is 3.69. The Labute approximate surface area is 177 Å². The lowest BCUT2D eigenvalue weighted by atomic mass is 10.1. The smallest absolute Gasteiger partial charge is 0.162 e. The molecule has 3 aromatic heterocycles. The summed E-state index contributed by atoms with van der Waals surface area (Å²) in [5.74, 6) is -0.340. The lowest BCUT2D eigenvalue weighted by molar-refractivity contribution is 0.242. The zero-order chi connectivity index (χ0) is 21.2. The standard InChI is InChI=1S/C23H18F2N6/c24-18-2-3-20(25)19(7-18)22-4-1-15(8-28-22)12-31-6-5-21-17(13-31)11-29-23(30-21)16-9-26-14-27-10-16/h1-4,7-11,14H,5-6,12-13H2. The highest BCUT2D eigenvalue weighted by atomic mass is 19.1. The van der Waals surface area contributed by atoms with Crippen molar-refractivity contribution in [3.8, 4) is 22.6 Å². The minimum absolute atomic E-state index is 0.162. The van der Waals surface area contributed by atoms with Gasteiger partial charge in [-0.2, -0.15) is 0 Å². The Morgan fingerprint density at radius 1 is 0.935 bits per heavy atom. The molecule has 0 aliphatic carbocycles. The lowest BCUT2D eigenvalue weighted by Crippen LogP contribution is -2.31. The number of hydrogen-bond acceptors (Lipinski definition) is 6. The molecule has 31 heavy (non-hydrogen) atoms. The summed E-state index contributed by atoms with van der Waals surface area (Å²) in [7, 11) is 0. The van der Waals surface area contributed by atoms with E-state index in [1.165, 1.54) is 6.33 Å². The Kier molecular flexibility index (Phi) is 5.13. The van der Waals surface area contributed by atoms with Gasteiger partial charge in [0.2, 0.25) is 0 Å². The molecular formula is C23H18F2N6. The number of aromatic nitrogens is 5. The van der Waals surface area contributed by atoms with Crippen molar-refractivity contribution in [2.75, 3.05) is 6.54 Å². The molecule has 0 amide bonds. The third-order valence-corrected chi connectivity index (χ3v) is 5.27. The predicted molar refractivity (Wildman–Crippen MR) is 110 cm³/mol. The van der Waals surface area contributed by atoms with Crippen molar-refractivity contribution in [3.05, 3.63) is 89.9 Å². The first-order valence-electron chi connectivity index (χ1n) is 9.88. The summed E-state index contributed by atoms with van der Waals surface area (Å²) >= 11 is 0. The first-order valence-corrected chi connectivity index (χ1v) is 9.88. The average molecular weight is 416 g/mol. The number of hydrogen-bond donors (Lipinski definition) is 0. The second kappa shape index (κ2) is 8.23. The maximum atomic E-state index is 14.0. The van der Waals surface area contributed by atoms with E-state index < -0.39 is 11.6 Å². The van der Waals surface area contributed by atoms with Crippen LogP contribution in [-0.4, -0.2) is 36.4 Å².